The molecule has 1 fully saturated rings. The number of ether oxygens (including phenoxy) is 1. The number of morpholine rings is 1. The Hall–Kier alpha value is -2.57. The Balaban J connectivity index is 1.53. The van der Waals surface area contributed by atoms with Crippen LogP contribution in [0, 0.1) is 0 Å². The van der Waals surface area contributed by atoms with Crippen molar-refractivity contribution >= 4 is 23.0 Å². The summed E-state index contributed by atoms with van der Waals surface area (Å²) in [6.07, 6.45) is 0. The molecule has 2 aromatic rings. The predicted octanol–water partition coefficient (Wildman–Crippen LogP) is 1.63. The molecular formula is C23H33N4O2+. The Labute approximate surface area is 174 Å². The molecule has 6 heteroatoms. The van der Waals surface area contributed by atoms with Crippen LogP contribution in [0.1, 0.15) is 12.5 Å². The number of nitrogens with zero attached hydrogens (tertiary/aromatic N) is 2. The van der Waals surface area contributed by atoms with Crippen LogP contribution in [0.25, 0.3) is 0 Å². The maximum atomic E-state index is 12.7. The fraction of sp³-hybridized carbons (Fsp3) is 0.435. The van der Waals surface area contributed by atoms with Gasteiger partial charge in [0.1, 0.15) is 6.54 Å². The first-order valence-corrected chi connectivity index (χ1v) is 10.3. The summed E-state index contributed by atoms with van der Waals surface area (Å²) in [5, 5.41) is 3.05. The highest BCUT2D eigenvalue weighted by Crippen LogP contribution is 2.19. The highest BCUT2D eigenvalue weighted by atomic mass is 16.5. The molecule has 0 bridgehead atoms. The minimum absolute atomic E-state index is 0.0338. The fourth-order valence-electron chi connectivity index (χ4n) is 3.44. The fourth-order valence-corrected chi connectivity index (χ4v) is 3.44. The summed E-state index contributed by atoms with van der Waals surface area (Å²) in [5.74, 6) is 0.0338. The molecular weight excluding hydrogens is 364 g/mol. The van der Waals surface area contributed by atoms with E-state index in [2.05, 4.69) is 58.6 Å². The Bertz CT molecular complexity index is 784. The van der Waals surface area contributed by atoms with Crippen LogP contribution in [0.4, 0.5) is 17.1 Å². The van der Waals surface area contributed by atoms with E-state index in [4.69, 9.17) is 4.74 Å². The summed E-state index contributed by atoms with van der Waals surface area (Å²) in [6, 6.07) is 16.4. The largest absolute Gasteiger partial charge is 0.378 e. The van der Waals surface area contributed by atoms with Gasteiger partial charge >= 0.3 is 0 Å². The number of rotatable bonds is 7. The molecule has 2 atom stereocenters. The van der Waals surface area contributed by atoms with Crippen LogP contribution in [0.15, 0.2) is 48.5 Å². The number of carbonyl (C=O) groups excluding carboxylic acids is 1. The molecule has 0 aromatic heterocycles. The molecule has 1 aliphatic heterocycles. The SMILES string of the molecule is C[C@H](C(=O)Nc1ccc(N2CCOCC2)cc1)[NH+](C)Cc1ccc(N(C)C)cc1. The average molecular weight is 398 g/mol. The molecule has 0 saturated carbocycles. The zero-order chi connectivity index (χ0) is 20.8. The highest BCUT2D eigenvalue weighted by molar-refractivity contribution is 5.93. The molecule has 1 heterocycles. The average Bonchev–Trinajstić information content (AvgIpc) is 2.74. The van der Waals surface area contributed by atoms with Gasteiger partial charge in [-0.3, -0.25) is 4.79 Å². The van der Waals surface area contributed by atoms with Crippen LogP contribution in [-0.4, -0.2) is 59.4 Å². The minimum Gasteiger partial charge on any atom is -0.378 e. The molecule has 1 unspecified atom stereocenters. The third kappa shape index (κ3) is 5.71. The molecule has 29 heavy (non-hydrogen) atoms. The lowest BCUT2D eigenvalue weighted by molar-refractivity contribution is -0.907. The molecule has 0 aliphatic carbocycles. The first kappa shape index (κ1) is 21.1. The Morgan fingerprint density at radius 1 is 1.10 bits per heavy atom. The summed E-state index contributed by atoms with van der Waals surface area (Å²) in [7, 11) is 6.13. The molecule has 156 valence electrons. The molecule has 0 radical (unpaired) electrons. The highest BCUT2D eigenvalue weighted by Gasteiger charge is 2.22. The lowest BCUT2D eigenvalue weighted by atomic mass is 10.1. The first-order chi connectivity index (χ1) is 13.9. The second-order valence-electron chi connectivity index (χ2n) is 7.94. The second kappa shape index (κ2) is 9.76. The summed E-state index contributed by atoms with van der Waals surface area (Å²) >= 11 is 0. The minimum atomic E-state index is -0.151. The van der Waals surface area contributed by atoms with Crippen LogP contribution >= 0.6 is 0 Å². The van der Waals surface area contributed by atoms with E-state index in [1.54, 1.807) is 0 Å². The van der Waals surface area contributed by atoms with Gasteiger partial charge in [0.15, 0.2) is 6.04 Å². The normalized spacial score (nSPS) is 16.2. The molecule has 1 aliphatic rings. The van der Waals surface area contributed by atoms with E-state index in [0.29, 0.717) is 0 Å². The summed E-state index contributed by atoms with van der Waals surface area (Å²) in [6.45, 7) is 6.13. The molecule has 1 saturated heterocycles. The van der Waals surface area contributed by atoms with Gasteiger partial charge in [0.05, 0.1) is 20.3 Å². The van der Waals surface area contributed by atoms with Crippen LogP contribution in [0.2, 0.25) is 0 Å². The number of amides is 1. The van der Waals surface area contributed by atoms with Gasteiger partial charge in [0.25, 0.3) is 5.91 Å². The van der Waals surface area contributed by atoms with E-state index in [9.17, 15) is 4.79 Å². The first-order valence-electron chi connectivity index (χ1n) is 10.3. The quantitative estimate of drug-likeness (QED) is 0.746. The van der Waals surface area contributed by atoms with Gasteiger partial charge in [-0.2, -0.15) is 0 Å². The van der Waals surface area contributed by atoms with Gasteiger partial charge in [-0.25, -0.2) is 0 Å². The Kier molecular flexibility index (Phi) is 7.12. The topological polar surface area (TPSA) is 49.3 Å². The van der Waals surface area contributed by atoms with E-state index in [1.807, 2.05) is 33.2 Å². The van der Waals surface area contributed by atoms with Gasteiger partial charge in [0, 0.05) is 49.8 Å². The number of hydrogen-bond donors (Lipinski definition) is 2. The van der Waals surface area contributed by atoms with Gasteiger partial charge in [-0.05, 0) is 43.3 Å². The van der Waals surface area contributed by atoms with Crippen LogP contribution < -0.4 is 20.0 Å². The van der Waals surface area contributed by atoms with Crippen LogP contribution in [0.3, 0.4) is 0 Å². The van der Waals surface area contributed by atoms with Crippen molar-refractivity contribution in [3.63, 3.8) is 0 Å². The van der Waals surface area contributed by atoms with Gasteiger partial charge in [-0.15, -0.1) is 0 Å². The molecule has 3 rings (SSSR count). The number of nitrogens with one attached hydrogen (secondary N) is 2. The lowest BCUT2D eigenvalue weighted by Gasteiger charge is -2.29. The van der Waals surface area contributed by atoms with Crippen molar-refractivity contribution in [3.05, 3.63) is 54.1 Å². The smallest absolute Gasteiger partial charge is 0.282 e. The maximum absolute atomic E-state index is 12.7. The van der Waals surface area contributed by atoms with E-state index < -0.39 is 0 Å². The second-order valence-corrected chi connectivity index (χ2v) is 7.94. The van der Waals surface area contributed by atoms with E-state index in [1.165, 1.54) is 16.9 Å². The van der Waals surface area contributed by atoms with E-state index in [-0.39, 0.29) is 11.9 Å². The third-order valence-corrected chi connectivity index (χ3v) is 5.58. The number of hydrogen-bond acceptors (Lipinski definition) is 4. The van der Waals surface area contributed by atoms with Gasteiger partial charge < -0.3 is 24.8 Å². The molecule has 0 spiro atoms. The van der Waals surface area contributed by atoms with Crippen molar-refractivity contribution < 1.29 is 14.4 Å². The summed E-state index contributed by atoms with van der Waals surface area (Å²) in [4.78, 5) is 18.3. The van der Waals surface area contributed by atoms with Crippen LogP contribution in [0.5, 0.6) is 0 Å². The molecule has 1 amide bonds. The van der Waals surface area contributed by atoms with Crippen molar-refractivity contribution in [2.45, 2.75) is 19.5 Å². The monoisotopic (exact) mass is 397 g/mol. The number of benzene rings is 2. The van der Waals surface area contributed by atoms with Gasteiger partial charge in [0.2, 0.25) is 0 Å². The number of quaternary nitrogens is 1. The number of likely N-dealkylation sites (N-methyl/N-ethyl adjacent to an activating group) is 1. The van der Waals surface area contributed by atoms with Crippen molar-refractivity contribution in [2.24, 2.45) is 0 Å². The molecule has 6 nitrogen and oxygen atoms in total. The van der Waals surface area contributed by atoms with Crippen molar-refractivity contribution in [1.29, 1.82) is 0 Å². The molecule has 2 aromatic carbocycles. The van der Waals surface area contributed by atoms with Crippen molar-refractivity contribution in [2.75, 3.05) is 62.6 Å². The van der Waals surface area contributed by atoms with E-state index in [0.717, 1.165) is 43.4 Å². The third-order valence-electron chi connectivity index (χ3n) is 5.58. The summed E-state index contributed by atoms with van der Waals surface area (Å²) in [5.41, 5.74) is 4.41. The zero-order valence-corrected chi connectivity index (χ0v) is 17.9. The number of anilines is 3. The van der Waals surface area contributed by atoms with E-state index >= 15 is 0 Å². The Morgan fingerprint density at radius 3 is 2.31 bits per heavy atom. The predicted molar refractivity (Wildman–Crippen MR) is 119 cm³/mol. The molecule has 2 N–H and O–H groups in total. The summed E-state index contributed by atoms with van der Waals surface area (Å²) < 4.78 is 5.40. The van der Waals surface area contributed by atoms with Crippen LogP contribution in [-0.2, 0) is 16.1 Å². The maximum Gasteiger partial charge on any atom is 0.282 e. The number of carbonyl (C=O) groups is 1. The Morgan fingerprint density at radius 2 is 1.72 bits per heavy atom. The standard InChI is InChI=1S/C23H32N4O2/c1-18(26(4)17-19-5-9-21(10-6-19)25(2)3)23(28)24-20-7-11-22(12-8-20)27-13-15-29-16-14-27/h5-12,18H,13-17H2,1-4H3,(H,24,28)/p+1/t18-/m1/s1. The lowest BCUT2D eigenvalue weighted by Crippen LogP contribution is -3.12. The van der Waals surface area contributed by atoms with Crippen molar-refractivity contribution in [3.8, 4) is 0 Å². The van der Waals surface area contributed by atoms with Gasteiger partial charge in [-0.1, -0.05) is 12.1 Å². The zero-order valence-electron chi connectivity index (χ0n) is 17.9. The van der Waals surface area contributed by atoms with Crippen molar-refractivity contribution in [1.82, 2.24) is 0 Å².